The fourth-order valence-corrected chi connectivity index (χ4v) is 3.82. The van der Waals surface area contributed by atoms with E-state index in [0.717, 1.165) is 17.5 Å². The molecule has 2 aromatic rings. The Hall–Kier alpha value is -2.04. The van der Waals surface area contributed by atoms with Crippen LogP contribution >= 0.6 is 23.2 Å². The summed E-state index contributed by atoms with van der Waals surface area (Å²) in [6, 6.07) is 12.5. The molecule has 2 rings (SSSR count). The Kier molecular flexibility index (Phi) is 9.19. The molecule has 0 spiro atoms. The van der Waals surface area contributed by atoms with Gasteiger partial charge >= 0.3 is 0 Å². The fourth-order valence-electron chi connectivity index (χ4n) is 3.29. The van der Waals surface area contributed by atoms with E-state index in [0.29, 0.717) is 28.6 Å². The third-order valence-electron chi connectivity index (χ3n) is 5.38. The number of nitrogens with zero attached hydrogens (tertiary/aromatic N) is 1. The molecule has 0 bridgehead atoms. The molecule has 162 valence electrons. The molecular weight excluding hydrogens is 419 g/mol. The molecule has 0 aromatic heterocycles. The lowest BCUT2D eigenvalue weighted by Gasteiger charge is -2.32. The van der Waals surface area contributed by atoms with Crippen molar-refractivity contribution in [3.8, 4) is 0 Å². The number of aryl methyl sites for hydroxylation is 1. The molecule has 0 heterocycles. The van der Waals surface area contributed by atoms with Crippen LogP contribution in [0.3, 0.4) is 0 Å². The Bertz CT molecular complexity index is 865. The van der Waals surface area contributed by atoms with Crippen molar-refractivity contribution in [1.82, 2.24) is 10.2 Å². The molecular formula is C24H30Cl2N2O2. The van der Waals surface area contributed by atoms with Gasteiger partial charge in [0.2, 0.25) is 11.8 Å². The van der Waals surface area contributed by atoms with Crippen molar-refractivity contribution >= 4 is 35.0 Å². The molecule has 0 aliphatic rings. The third-order valence-corrected chi connectivity index (χ3v) is 6.09. The van der Waals surface area contributed by atoms with Gasteiger partial charge in [-0.2, -0.15) is 0 Å². The first-order valence-electron chi connectivity index (χ1n) is 10.4. The number of halogens is 2. The van der Waals surface area contributed by atoms with Gasteiger partial charge in [-0.15, -0.1) is 0 Å². The number of amides is 2. The number of rotatable bonds is 9. The van der Waals surface area contributed by atoms with Crippen molar-refractivity contribution in [2.45, 2.75) is 65.6 Å². The van der Waals surface area contributed by atoms with Crippen LogP contribution in [0.15, 0.2) is 42.5 Å². The van der Waals surface area contributed by atoms with E-state index in [1.54, 1.807) is 23.1 Å². The van der Waals surface area contributed by atoms with Crippen molar-refractivity contribution in [2.75, 3.05) is 0 Å². The molecule has 0 fully saturated rings. The summed E-state index contributed by atoms with van der Waals surface area (Å²) in [7, 11) is 0. The fraction of sp³-hybridized carbons (Fsp3) is 0.417. The summed E-state index contributed by atoms with van der Waals surface area (Å²) in [6.07, 6.45) is 1.37. The number of nitrogens with one attached hydrogen (secondary N) is 1. The Labute approximate surface area is 189 Å². The maximum Gasteiger partial charge on any atom is 0.243 e. The minimum atomic E-state index is -0.577. The van der Waals surface area contributed by atoms with Gasteiger partial charge in [0.15, 0.2) is 0 Å². The molecule has 0 radical (unpaired) electrons. The quantitative estimate of drug-likeness (QED) is 0.545. The summed E-state index contributed by atoms with van der Waals surface area (Å²) >= 11 is 12.6. The van der Waals surface area contributed by atoms with Crippen LogP contribution in [0.1, 0.15) is 50.3 Å². The molecule has 0 aliphatic carbocycles. The number of hydrogen-bond acceptors (Lipinski definition) is 2. The summed E-state index contributed by atoms with van der Waals surface area (Å²) in [5.41, 5.74) is 2.66. The van der Waals surface area contributed by atoms with Crippen LogP contribution in [-0.2, 0) is 22.6 Å². The normalized spacial score (nSPS) is 12.9. The second kappa shape index (κ2) is 11.4. The van der Waals surface area contributed by atoms with Crippen LogP contribution in [0, 0.1) is 6.92 Å². The molecule has 2 aromatic carbocycles. The van der Waals surface area contributed by atoms with Gasteiger partial charge in [0.05, 0.1) is 6.42 Å². The monoisotopic (exact) mass is 448 g/mol. The Morgan fingerprint density at radius 1 is 1.00 bits per heavy atom. The summed E-state index contributed by atoms with van der Waals surface area (Å²) in [5, 5.41) is 3.91. The molecule has 1 N–H and O–H groups in total. The first kappa shape index (κ1) is 24.2. The van der Waals surface area contributed by atoms with Crippen LogP contribution in [0.4, 0.5) is 0 Å². The van der Waals surface area contributed by atoms with Gasteiger partial charge in [-0.3, -0.25) is 9.59 Å². The minimum absolute atomic E-state index is 0.0392. The average molecular weight is 449 g/mol. The van der Waals surface area contributed by atoms with Gasteiger partial charge in [-0.1, -0.05) is 67.4 Å². The smallest absolute Gasteiger partial charge is 0.243 e. The summed E-state index contributed by atoms with van der Waals surface area (Å²) < 4.78 is 0. The first-order valence-corrected chi connectivity index (χ1v) is 11.1. The van der Waals surface area contributed by atoms with Crippen molar-refractivity contribution in [3.63, 3.8) is 0 Å². The zero-order valence-corrected chi connectivity index (χ0v) is 19.6. The van der Waals surface area contributed by atoms with E-state index in [4.69, 9.17) is 23.2 Å². The second-order valence-electron chi connectivity index (χ2n) is 7.57. The highest BCUT2D eigenvalue weighted by molar-refractivity contribution is 6.36. The van der Waals surface area contributed by atoms with E-state index < -0.39 is 6.04 Å². The highest BCUT2D eigenvalue weighted by atomic mass is 35.5. The largest absolute Gasteiger partial charge is 0.352 e. The predicted octanol–water partition coefficient (Wildman–Crippen LogP) is 5.57. The van der Waals surface area contributed by atoms with Crippen LogP contribution < -0.4 is 5.32 Å². The minimum Gasteiger partial charge on any atom is -0.352 e. The number of hydrogen-bond donors (Lipinski definition) is 1. The van der Waals surface area contributed by atoms with Gasteiger partial charge in [0, 0.05) is 22.6 Å². The zero-order chi connectivity index (χ0) is 22.3. The standard InChI is InChI=1S/C24H30Cl2N2O2/c1-5-17(4)27-24(30)22(6-2)28(15-18-11-8-7-10-16(18)3)23(29)14-19-20(25)12-9-13-21(19)26/h7-13,17,22H,5-6,14-15H2,1-4H3,(H,27,30)/t17-,22-/m0/s1. The van der Waals surface area contributed by atoms with Gasteiger partial charge in [0.25, 0.3) is 0 Å². The zero-order valence-electron chi connectivity index (χ0n) is 18.0. The van der Waals surface area contributed by atoms with Gasteiger partial charge in [0.1, 0.15) is 6.04 Å². The Morgan fingerprint density at radius 2 is 1.63 bits per heavy atom. The van der Waals surface area contributed by atoms with E-state index in [1.807, 2.05) is 52.0 Å². The number of benzene rings is 2. The summed E-state index contributed by atoms with van der Waals surface area (Å²) in [6.45, 7) is 8.24. The topological polar surface area (TPSA) is 49.4 Å². The number of carbonyl (C=O) groups excluding carboxylic acids is 2. The SMILES string of the molecule is CC[C@H](C)NC(=O)[C@H](CC)N(Cc1ccccc1C)C(=O)Cc1c(Cl)cccc1Cl. The molecule has 6 heteroatoms. The van der Waals surface area contributed by atoms with Crippen LogP contribution in [0.2, 0.25) is 10.0 Å². The molecule has 2 atom stereocenters. The Morgan fingerprint density at radius 3 is 2.20 bits per heavy atom. The van der Waals surface area contributed by atoms with Crippen molar-refractivity contribution in [2.24, 2.45) is 0 Å². The van der Waals surface area contributed by atoms with E-state index >= 15 is 0 Å². The molecule has 0 unspecified atom stereocenters. The lowest BCUT2D eigenvalue weighted by atomic mass is 10.0. The second-order valence-corrected chi connectivity index (χ2v) is 8.38. The summed E-state index contributed by atoms with van der Waals surface area (Å²) in [5.74, 6) is -0.321. The molecule has 4 nitrogen and oxygen atoms in total. The van der Waals surface area contributed by atoms with Crippen molar-refractivity contribution in [3.05, 3.63) is 69.2 Å². The van der Waals surface area contributed by atoms with Crippen molar-refractivity contribution < 1.29 is 9.59 Å². The third kappa shape index (κ3) is 6.23. The van der Waals surface area contributed by atoms with Crippen LogP contribution in [-0.4, -0.2) is 28.8 Å². The number of carbonyl (C=O) groups is 2. The molecule has 0 saturated heterocycles. The van der Waals surface area contributed by atoms with Crippen LogP contribution in [0.5, 0.6) is 0 Å². The van der Waals surface area contributed by atoms with Crippen molar-refractivity contribution in [1.29, 1.82) is 0 Å². The predicted molar refractivity (Wildman–Crippen MR) is 124 cm³/mol. The van der Waals surface area contributed by atoms with Gasteiger partial charge in [-0.25, -0.2) is 0 Å². The highest BCUT2D eigenvalue weighted by Gasteiger charge is 2.30. The maximum absolute atomic E-state index is 13.4. The Balaban J connectivity index is 2.37. The molecule has 30 heavy (non-hydrogen) atoms. The average Bonchev–Trinajstić information content (AvgIpc) is 2.71. The van der Waals surface area contributed by atoms with Gasteiger partial charge in [-0.05, 0) is 55.5 Å². The van der Waals surface area contributed by atoms with E-state index in [1.165, 1.54) is 0 Å². The van der Waals surface area contributed by atoms with E-state index in [-0.39, 0.29) is 24.3 Å². The van der Waals surface area contributed by atoms with Crippen LogP contribution in [0.25, 0.3) is 0 Å². The lowest BCUT2D eigenvalue weighted by molar-refractivity contribution is -0.141. The summed E-state index contributed by atoms with van der Waals surface area (Å²) in [4.78, 5) is 28.1. The highest BCUT2D eigenvalue weighted by Crippen LogP contribution is 2.26. The molecule has 0 saturated carbocycles. The first-order chi connectivity index (χ1) is 14.3. The van der Waals surface area contributed by atoms with Gasteiger partial charge < -0.3 is 10.2 Å². The lowest BCUT2D eigenvalue weighted by Crippen LogP contribution is -2.51. The molecule has 0 aliphatic heterocycles. The van der Waals surface area contributed by atoms with E-state index in [9.17, 15) is 9.59 Å². The van der Waals surface area contributed by atoms with E-state index in [2.05, 4.69) is 5.32 Å². The molecule has 2 amide bonds. The maximum atomic E-state index is 13.4.